The average Bonchev–Trinajstić information content (AvgIpc) is 2.40. The maximum Gasteiger partial charge on any atom is 0.407 e. The van der Waals surface area contributed by atoms with Crippen molar-refractivity contribution in [3.8, 4) is 0 Å². The van der Waals surface area contributed by atoms with E-state index in [1.165, 1.54) is 11.8 Å². The molecule has 1 saturated heterocycles. The first-order valence-corrected chi connectivity index (χ1v) is 7.76. The van der Waals surface area contributed by atoms with Gasteiger partial charge in [-0.05, 0) is 13.2 Å². The predicted molar refractivity (Wildman–Crippen MR) is 59.9 cm³/mol. The summed E-state index contributed by atoms with van der Waals surface area (Å²) >= 11 is 1.45. The molecule has 0 aromatic heterocycles. The van der Waals surface area contributed by atoms with Crippen molar-refractivity contribution < 1.29 is 17.9 Å². The molecule has 1 heterocycles. The van der Waals surface area contributed by atoms with Crippen LogP contribution in [-0.2, 0) is 14.6 Å². The van der Waals surface area contributed by atoms with Gasteiger partial charge in [-0.1, -0.05) is 0 Å². The molecule has 0 bridgehead atoms. The third-order valence-corrected chi connectivity index (χ3v) is 5.23. The molecule has 15 heavy (non-hydrogen) atoms. The molecule has 1 aliphatic heterocycles. The first-order chi connectivity index (χ1) is 6.98. The molecular formula is C8H15NO4S2. The van der Waals surface area contributed by atoms with E-state index in [0.29, 0.717) is 0 Å². The lowest BCUT2D eigenvalue weighted by molar-refractivity contribution is 0.149. The molecule has 1 rings (SSSR count). The highest BCUT2D eigenvalue weighted by Gasteiger charge is 2.38. The smallest absolute Gasteiger partial charge is 0.407 e. The highest BCUT2D eigenvalue weighted by atomic mass is 32.2. The second-order valence-electron chi connectivity index (χ2n) is 3.32. The monoisotopic (exact) mass is 253 g/mol. The Morgan fingerprint density at radius 3 is 2.73 bits per heavy atom. The number of alkyl carbamates (subject to hydrolysis) is 1. The van der Waals surface area contributed by atoms with Crippen molar-refractivity contribution in [3.05, 3.63) is 0 Å². The zero-order valence-electron chi connectivity index (χ0n) is 8.73. The van der Waals surface area contributed by atoms with Crippen LogP contribution in [0.1, 0.15) is 6.92 Å². The third kappa shape index (κ3) is 3.57. The van der Waals surface area contributed by atoms with Crippen molar-refractivity contribution in [1.29, 1.82) is 0 Å². The van der Waals surface area contributed by atoms with Gasteiger partial charge in [0.15, 0.2) is 9.84 Å². The molecule has 2 atom stereocenters. The molecule has 88 valence electrons. The highest BCUT2D eigenvalue weighted by molar-refractivity contribution is 8.01. The number of hydrogen-bond donors (Lipinski definition) is 1. The van der Waals surface area contributed by atoms with Crippen LogP contribution >= 0.6 is 11.8 Å². The van der Waals surface area contributed by atoms with Gasteiger partial charge in [0.05, 0.1) is 24.2 Å². The summed E-state index contributed by atoms with van der Waals surface area (Å²) in [7, 11) is -3.01. The van der Waals surface area contributed by atoms with Crippen molar-refractivity contribution in [2.75, 3.05) is 24.4 Å². The van der Waals surface area contributed by atoms with Crippen LogP contribution < -0.4 is 5.32 Å². The standard InChI is InChI=1S/C8H15NO4S2/c1-3-13-8(10)9-6-4-15(11,12)5-7(6)14-2/h6-7H,3-5H2,1-2H3,(H,9,10)/t6-,7+/m0/s1. The van der Waals surface area contributed by atoms with Crippen LogP contribution in [0.15, 0.2) is 0 Å². The van der Waals surface area contributed by atoms with Gasteiger partial charge < -0.3 is 10.1 Å². The molecule has 0 aliphatic carbocycles. The van der Waals surface area contributed by atoms with Gasteiger partial charge in [-0.3, -0.25) is 0 Å². The number of rotatable bonds is 3. The fraction of sp³-hybridized carbons (Fsp3) is 0.875. The topological polar surface area (TPSA) is 72.5 Å². The van der Waals surface area contributed by atoms with Crippen LogP contribution in [0.4, 0.5) is 4.79 Å². The summed E-state index contributed by atoms with van der Waals surface area (Å²) in [4.78, 5) is 11.1. The molecule has 0 aromatic carbocycles. The Bertz CT molecular complexity index is 328. The molecule has 0 aromatic rings. The molecule has 1 N–H and O–H groups in total. The van der Waals surface area contributed by atoms with E-state index in [9.17, 15) is 13.2 Å². The summed E-state index contributed by atoms with van der Waals surface area (Å²) < 4.78 is 27.4. The number of nitrogens with one attached hydrogen (secondary N) is 1. The minimum absolute atomic E-state index is 0.0112. The van der Waals surface area contributed by atoms with Crippen LogP contribution in [0.25, 0.3) is 0 Å². The van der Waals surface area contributed by atoms with Crippen LogP contribution in [0, 0.1) is 0 Å². The molecular weight excluding hydrogens is 238 g/mol. The van der Waals surface area contributed by atoms with Gasteiger partial charge in [-0.15, -0.1) is 0 Å². The van der Waals surface area contributed by atoms with Crippen molar-refractivity contribution in [2.24, 2.45) is 0 Å². The summed E-state index contributed by atoms with van der Waals surface area (Å²) in [6.07, 6.45) is 1.30. The van der Waals surface area contributed by atoms with Gasteiger partial charge in [0.25, 0.3) is 0 Å². The summed E-state index contributed by atoms with van der Waals surface area (Å²) in [6.45, 7) is 1.99. The summed E-state index contributed by atoms with van der Waals surface area (Å²) in [6, 6.07) is -0.330. The van der Waals surface area contributed by atoms with Gasteiger partial charge in [-0.25, -0.2) is 13.2 Å². The first-order valence-electron chi connectivity index (χ1n) is 4.65. The molecule has 1 aliphatic rings. The summed E-state index contributed by atoms with van der Waals surface area (Å²) in [5, 5.41) is 2.51. The minimum Gasteiger partial charge on any atom is -0.450 e. The zero-order chi connectivity index (χ0) is 11.5. The van der Waals surface area contributed by atoms with Crippen molar-refractivity contribution in [3.63, 3.8) is 0 Å². The molecule has 0 spiro atoms. The molecule has 1 fully saturated rings. The van der Waals surface area contributed by atoms with Crippen LogP contribution in [0.5, 0.6) is 0 Å². The zero-order valence-corrected chi connectivity index (χ0v) is 10.4. The van der Waals surface area contributed by atoms with E-state index < -0.39 is 15.9 Å². The van der Waals surface area contributed by atoms with Crippen molar-refractivity contribution >= 4 is 27.7 Å². The maximum atomic E-state index is 11.3. The highest BCUT2D eigenvalue weighted by Crippen LogP contribution is 2.22. The molecule has 5 nitrogen and oxygen atoms in total. The molecule has 7 heteroatoms. The summed E-state index contributed by atoms with van der Waals surface area (Å²) in [5.74, 6) is 0.141. The Hall–Kier alpha value is -0.430. The quantitative estimate of drug-likeness (QED) is 0.781. The van der Waals surface area contributed by atoms with Crippen LogP contribution in [0.2, 0.25) is 0 Å². The lowest BCUT2D eigenvalue weighted by Crippen LogP contribution is -2.41. The predicted octanol–water partition coefficient (Wildman–Crippen LogP) is 0.261. The number of carbonyl (C=O) groups excluding carboxylic acids is 1. The fourth-order valence-corrected chi connectivity index (χ4v) is 5.02. The number of sulfone groups is 1. The third-order valence-electron chi connectivity index (χ3n) is 2.18. The fourth-order valence-electron chi connectivity index (χ4n) is 1.51. The average molecular weight is 253 g/mol. The number of amides is 1. The number of ether oxygens (including phenoxy) is 1. The van der Waals surface area contributed by atoms with E-state index in [-0.39, 0.29) is 29.4 Å². The Balaban J connectivity index is 2.58. The second kappa shape index (κ2) is 5.07. The molecule has 0 radical (unpaired) electrons. The second-order valence-corrected chi connectivity index (χ2v) is 6.55. The Labute approximate surface area is 93.9 Å². The molecule has 0 unspecified atom stereocenters. The van der Waals surface area contributed by atoms with E-state index in [0.717, 1.165) is 0 Å². The lowest BCUT2D eigenvalue weighted by Gasteiger charge is -2.16. The Kier molecular flexibility index (Phi) is 4.27. The van der Waals surface area contributed by atoms with Gasteiger partial charge in [0.1, 0.15) is 0 Å². The van der Waals surface area contributed by atoms with Crippen LogP contribution in [0.3, 0.4) is 0 Å². The Morgan fingerprint density at radius 2 is 2.20 bits per heavy atom. The first kappa shape index (κ1) is 12.6. The SMILES string of the molecule is CCOC(=O)N[C@H]1CS(=O)(=O)C[C@H]1SC. The summed E-state index contributed by atoms with van der Waals surface area (Å²) in [5.41, 5.74) is 0. The van der Waals surface area contributed by atoms with E-state index >= 15 is 0 Å². The Morgan fingerprint density at radius 1 is 1.53 bits per heavy atom. The van der Waals surface area contributed by atoms with Crippen molar-refractivity contribution in [2.45, 2.75) is 18.2 Å². The van der Waals surface area contributed by atoms with Gasteiger partial charge in [0, 0.05) is 5.25 Å². The van der Waals surface area contributed by atoms with Gasteiger partial charge in [-0.2, -0.15) is 11.8 Å². The van der Waals surface area contributed by atoms with E-state index in [1.807, 2.05) is 6.26 Å². The maximum absolute atomic E-state index is 11.3. The normalized spacial score (nSPS) is 28.7. The van der Waals surface area contributed by atoms with E-state index in [2.05, 4.69) is 5.32 Å². The van der Waals surface area contributed by atoms with Gasteiger partial charge in [0.2, 0.25) is 0 Å². The van der Waals surface area contributed by atoms with E-state index in [4.69, 9.17) is 4.74 Å². The number of thioether (sulfide) groups is 1. The molecule has 0 saturated carbocycles. The number of carbonyl (C=O) groups is 1. The molecule has 1 amide bonds. The lowest BCUT2D eigenvalue weighted by atomic mass is 10.2. The largest absolute Gasteiger partial charge is 0.450 e. The van der Waals surface area contributed by atoms with Crippen molar-refractivity contribution in [1.82, 2.24) is 5.32 Å². The minimum atomic E-state index is -3.01. The number of hydrogen-bond acceptors (Lipinski definition) is 5. The van der Waals surface area contributed by atoms with E-state index in [1.54, 1.807) is 6.92 Å². The van der Waals surface area contributed by atoms with Gasteiger partial charge >= 0.3 is 6.09 Å². The van der Waals surface area contributed by atoms with Crippen LogP contribution in [-0.4, -0.2) is 50.2 Å².